The number of halogens is 1. The summed E-state index contributed by atoms with van der Waals surface area (Å²) < 4.78 is 19.1. The van der Waals surface area contributed by atoms with E-state index in [9.17, 15) is 9.18 Å². The van der Waals surface area contributed by atoms with E-state index in [1.807, 2.05) is 22.9 Å². The van der Waals surface area contributed by atoms with Gasteiger partial charge in [0.25, 0.3) is 5.91 Å². The lowest BCUT2D eigenvalue weighted by Crippen LogP contribution is -2.43. The average molecular weight is 373 g/mol. The average Bonchev–Trinajstić information content (AvgIpc) is 3.32. The highest BCUT2D eigenvalue weighted by atomic mass is 32.1. The molecular weight excluding hydrogens is 353 g/mol. The summed E-state index contributed by atoms with van der Waals surface area (Å²) in [4.78, 5) is 15.0. The lowest BCUT2D eigenvalue weighted by Gasteiger charge is -2.29. The van der Waals surface area contributed by atoms with Gasteiger partial charge in [-0.3, -0.25) is 9.69 Å². The first-order valence-electron chi connectivity index (χ1n) is 8.68. The second kappa shape index (κ2) is 7.65. The van der Waals surface area contributed by atoms with Gasteiger partial charge in [-0.05, 0) is 34.5 Å². The molecule has 1 fully saturated rings. The number of hydrogen-bond acceptors (Lipinski definition) is 5. The largest absolute Gasteiger partial charge is 0.379 e. The molecule has 0 saturated carbocycles. The van der Waals surface area contributed by atoms with Gasteiger partial charge >= 0.3 is 0 Å². The third kappa shape index (κ3) is 3.70. The van der Waals surface area contributed by atoms with Crippen LogP contribution in [0.3, 0.4) is 0 Å². The second-order valence-corrected chi connectivity index (χ2v) is 7.24. The Bertz CT molecular complexity index is 803. The van der Waals surface area contributed by atoms with Crippen molar-refractivity contribution < 1.29 is 13.9 Å². The normalized spacial score (nSPS) is 21.0. The fraction of sp³-hybridized carbons (Fsp3) is 0.368. The summed E-state index contributed by atoms with van der Waals surface area (Å²) in [6, 6.07) is 8.17. The fourth-order valence-electron chi connectivity index (χ4n) is 3.34. The number of morpholine rings is 1. The molecule has 2 aliphatic rings. The third-order valence-corrected chi connectivity index (χ3v) is 5.40. The van der Waals surface area contributed by atoms with Gasteiger partial charge in [-0.2, -0.15) is 16.4 Å². The van der Waals surface area contributed by atoms with Crippen molar-refractivity contribution in [3.63, 3.8) is 0 Å². The van der Waals surface area contributed by atoms with Crippen LogP contribution in [0.1, 0.15) is 23.6 Å². The van der Waals surface area contributed by atoms with Crippen molar-refractivity contribution >= 4 is 23.0 Å². The number of nitrogens with zero attached hydrogens (tertiary/aromatic N) is 3. The Morgan fingerprint density at radius 2 is 2.15 bits per heavy atom. The zero-order chi connectivity index (χ0) is 17.9. The molecule has 0 unspecified atom stereocenters. The van der Waals surface area contributed by atoms with Crippen molar-refractivity contribution in [2.45, 2.75) is 12.5 Å². The first kappa shape index (κ1) is 17.3. The van der Waals surface area contributed by atoms with Gasteiger partial charge in [-0.25, -0.2) is 9.40 Å². The van der Waals surface area contributed by atoms with Crippen molar-refractivity contribution in [2.24, 2.45) is 5.10 Å². The maximum atomic E-state index is 13.7. The highest BCUT2D eigenvalue weighted by Gasteiger charge is 2.34. The SMILES string of the molecule is O=C(CN1CCOCC1)N1N=C(c2ccsc2)C[C@@H]1c1cccc(F)c1. The summed E-state index contributed by atoms with van der Waals surface area (Å²) in [7, 11) is 0. The molecule has 1 aromatic heterocycles. The molecule has 0 N–H and O–H groups in total. The summed E-state index contributed by atoms with van der Waals surface area (Å²) >= 11 is 1.60. The molecule has 4 rings (SSSR count). The van der Waals surface area contributed by atoms with Crippen LogP contribution in [0.2, 0.25) is 0 Å². The van der Waals surface area contributed by atoms with Gasteiger partial charge in [0, 0.05) is 25.1 Å². The number of benzene rings is 1. The number of hydrogen-bond donors (Lipinski definition) is 0. The van der Waals surface area contributed by atoms with E-state index in [4.69, 9.17) is 4.74 Å². The van der Waals surface area contributed by atoms with Crippen LogP contribution in [0.5, 0.6) is 0 Å². The zero-order valence-electron chi connectivity index (χ0n) is 14.3. The number of thiophene rings is 1. The van der Waals surface area contributed by atoms with Crippen molar-refractivity contribution in [1.29, 1.82) is 0 Å². The Morgan fingerprint density at radius 3 is 2.88 bits per heavy atom. The van der Waals surface area contributed by atoms with Crippen LogP contribution in [0.25, 0.3) is 0 Å². The maximum Gasteiger partial charge on any atom is 0.257 e. The molecule has 0 radical (unpaired) electrons. The van der Waals surface area contributed by atoms with Crippen molar-refractivity contribution in [2.75, 3.05) is 32.8 Å². The second-order valence-electron chi connectivity index (χ2n) is 6.46. The van der Waals surface area contributed by atoms with Crippen LogP contribution in [-0.2, 0) is 9.53 Å². The molecule has 136 valence electrons. The Labute approximate surface area is 155 Å². The van der Waals surface area contributed by atoms with Crippen LogP contribution in [0, 0.1) is 5.82 Å². The summed E-state index contributed by atoms with van der Waals surface area (Å²) in [6.45, 7) is 3.07. The number of ether oxygens (including phenoxy) is 1. The van der Waals surface area contributed by atoms with Gasteiger partial charge in [0.2, 0.25) is 0 Å². The van der Waals surface area contributed by atoms with Crippen molar-refractivity contribution in [3.8, 4) is 0 Å². The number of carbonyl (C=O) groups is 1. The summed E-state index contributed by atoms with van der Waals surface area (Å²) in [5.41, 5.74) is 2.67. The smallest absolute Gasteiger partial charge is 0.257 e. The summed E-state index contributed by atoms with van der Waals surface area (Å²) in [5.74, 6) is -0.363. The molecule has 0 aliphatic carbocycles. The molecule has 26 heavy (non-hydrogen) atoms. The summed E-state index contributed by atoms with van der Waals surface area (Å²) in [6.07, 6.45) is 0.592. The maximum absolute atomic E-state index is 13.7. The minimum atomic E-state index is -0.299. The van der Waals surface area contributed by atoms with E-state index < -0.39 is 0 Å². The molecule has 1 saturated heterocycles. The first-order valence-corrected chi connectivity index (χ1v) is 9.62. The first-order chi connectivity index (χ1) is 12.7. The predicted octanol–water partition coefficient (Wildman–Crippen LogP) is 2.90. The van der Waals surface area contributed by atoms with E-state index in [1.165, 1.54) is 17.1 Å². The summed E-state index contributed by atoms with van der Waals surface area (Å²) in [5, 5.41) is 10.2. The Kier molecular flexibility index (Phi) is 5.10. The molecule has 1 amide bonds. The van der Waals surface area contributed by atoms with Crippen LogP contribution >= 0.6 is 11.3 Å². The van der Waals surface area contributed by atoms with Crippen LogP contribution in [0.4, 0.5) is 4.39 Å². The van der Waals surface area contributed by atoms with Gasteiger partial charge in [0.05, 0.1) is 31.5 Å². The molecular formula is C19H20FN3O2S. The van der Waals surface area contributed by atoms with Crippen molar-refractivity contribution in [1.82, 2.24) is 9.91 Å². The molecule has 1 atom stereocenters. The predicted molar refractivity (Wildman–Crippen MR) is 98.7 cm³/mol. The molecule has 1 aromatic carbocycles. The number of rotatable bonds is 4. The number of carbonyl (C=O) groups excluding carboxylic acids is 1. The van der Waals surface area contributed by atoms with Crippen molar-refractivity contribution in [3.05, 3.63) is 58.0 Å². The van der Waals surface area contributed by atoms with Gasteiger partial charge in [-0.15, -0.1) is 0 Å². The molecule has 0 spiro atoms. The quantitative estimate of drug-likeness (QED) is 0.828. The van der Waals surface area contributed by atoms with Crippen LogP contribution < -0.4 is 0 Å². The van der Waals surface area contributed by atoms with Gasteiger partial charge in [-0.1, -0.05) is 12.1 Å². The van der Waals surface area contributed by atoms with Gasteiger partial charge in [0.15, 0.2) is 0 Å². The van der Waals surface area contributed by atoms with Gasteiger partial charge in [0.1, 0.15) is 5.82 Å². The standard InChI is InChI=1S/C19H20FN3O2S/c20-16-3-1-2-14(10-16)18-11-17(15-4-9-26-13-15)21-23(18)19(24)12-22-5-7-25-8-6-22/h1-4,9-10,13,18H,5-8,11-12H2/t18-/m1/s1. The third-order valence-electron chi connectivity index (χ3n) is 4.72. The van der Waals surface area contributed by atoms with E-state index in [-0.39, 0.29) is 17.8 Å². The van der Waals surface area contributed by atoms with E-state index >= 15 is 0 Å². The van der Waals surface area contributed by atoms with E-state index in [0.717, 1.165) is 29.9 Å². The van der Waals surface area contributed by atoms with Gasteiger partial charge < -0.3 is 4.74 Å². The van der Waals surface area contributed by atoms with E-state index in [0.29, 0.717) is 26.2 Å². The monoisotopic (exact) mass is 373 g/mol. The van der Waals surface area contributed by atoms with E-state index in [2.05, 4.69) is 10.0 Å². The topological polar surface area (TPSA) is 45.1 Å². The molecule has 5 nitrogen and oxygen atoms in total. The molecule has 3 heterocycles. The van der Waals surface area contributed by atoms with E-state index in [1.54, 1.807) is 17.4 Å². The highest BCUT2D eigenvalue weighted by molar-refractivity contribution is 7.08. The highest BCUT2D eigenvalue weighted by Crippen LogP contribution is 2.33. The Morgan fingerprint density at radius 1 is 1.31 bits per heavy atom. The lowest BCUT2D eigenvalue weighted by atomic mass is 9.99. The Balaban J connectivity index is 1.58. The van der Waals surface area contributed by atoms with Crippen LogP contribution in [0.15, 0.2) is 46.2 Å². The molecule has 2 aliphatic heterocycles. The fourth-order valence-corrected chi connectivity index (χ4v) is 4.00. The lowest BCUT2D eigenvalue weighted by molar-refractivity contribution is -0.135. The number of amides is 1. The zero-order valence-corrected chi connectivity index (χ0v) is 15.1. The minimum absolute atomic E-state index is 0.0635. The number of hydrazone groups is 1. The van der Waals surface area contributed by atoms with Crippen LogP contribution in [-0.4, -0.2) is 54.4 Å². The molecule has 0 bridgehead atoms. The molecule has 7 heteroatoms. The molecule has 2 aromatic rings. The Hall–Kier alpha value is -2.09. The minimum Gasteiger partial charge on any atom is -0.379 e.